The van der Waals surface area contributed by atoms with Crippen LogP contribution < -0.4 is 4.90 Å². The largest absolute Gasteiger partial charge is 0.463 e. The summed E-state index contributed by atoms with van der Waals surface area (Å²) in [7, 11) is 0. The molecule has 0 saturated heterocycles. The highest BCUT2D eigenvalue weighted by Crippen LogP contribution is 2.31. The summed E-state index contributed by atoms with van der Waals surface area (Å²) in [5.41, 5.74) is 3.70. The lowest BCUT2D eigenvalue weighted by atomic mass is 9.90. The molecule has 0 aromatic heterocycles. The topological polar surface area (TPSA) is 72.4 Å². The molecule has 5 heteroatoms. The van der Waals surface area contributed by atoms with Crippen LogP contribution in [0.1, 0.15) is 24.0 Å². The summed E-state index contributed by atoms with van der Waals surface area (Å²) in [4.78, 5) is 6.30. The molecule has 3 rings (SSSR count). The zero-order chi connectivity index (χ0) is 15.4. The molecule has 1 aromatic rings. The van der Waals surface area contributed by atoms with E-state index in [-0.39, 0.29) is 0 Å². The van der Waals surface area contributed by atoms with Gasteiger partial charge in [0.05, 0.1) is 25.2 Å². The lowest BCUT2D eigenvalue weighted by Gasteiger charge is -2.29. The van der Waals surface area contributed by atoms with Crippen molar-refractivity contribution in [3.8, 4) is 12.1 Å². The first-order chi connectivity index (χ1) is 10.8. The summed E-state index contributed by atoms with van der Waals surface area (Å²) < 4.78 is 5.61. The van der Waals surface area contributed by atoms with E-state index in [4.69, 9.17) is 15.3 Å². The van der Waals surface area contributed by atoms with Gasteiger partial charge in [-0.3, -0.25) is 4.90 Å². The number of benzene rings is 1. The number of amidine groups is 1. The lowest BCUT2D eigenvalue weighted by molar-refractivity contribution is 0.338. The Bertz CT molecular complexity index is 654. The van der Waals surface area contributed by atoms with Crippen LogP contribution >= 0.6 is 0 Å². The molecule has 1 heterocycles. The van der Waals surface area contributed by atoms with E-state index in [1.165, 1.54) is 24.0 Å². The first-order valence-corrected chi connectivity index (χ1v) is 7.68. The van der Waals surface area contributed by atoms with E-state index in [1.807, 2.05) is 29.2 Å². The number of nitrogens with zero attached hydrogens (tertiary/aromatic N) is 4. The quantitative estimate of drug-likeness (QED) is 0.858. The van der Waals surface area contributed by atoms with Crippen LogP contribution in [0.25, 0.3) is 0 Å². The average molecular weight is 294 g/mol. The van der Waals surface area contributed by atoms with E-state index >= 15 is 0 Å². The normalized spacial score (nSPS) is 16.2. The Morgan fingerprint density at radius 2 is 2.05 bits per heavy atom. The fourth-order valence-electron chi connectivity index (χ4n) is 3.07. The van der Waals surface area contributed by atoms with Gasteiger partial charge in [-0.05, 0) is 42.9 Å². The summed E-state index contributed by atoms with van der Waals surface area (Å²) in [6.45, 7) is 1.48. The first-order valence-electron chi connectivity index (χ1n) is 7.68. The number of aliphatic imine (C=N–C) groups is 1. The van der Waals surface area contributed by atoms with Gasteiger partial charge in [0.2, 0.25) is 0 Å². The van der Waals surface area contributed by atoms with E-state index in [1.54, 1.807) is 0 Å². The van der Waals surface area contributed by atoms with Gasteiger partial charge in [-0.1, -0.05) is 12.1 Å². The molecule has 0 bridgehead atoms. The van der Waals surface area contributed by atoms with Crippen LogP contribution in [0, 0.1) is 28.6 Å². The van der Waals surface area contributed by atoms with E-state index in [0.29, 0.717) is 25.7 Å². The number of ether oxygens (including phenoxy) is 1. The molecule has 0 N–H and O–H groups in total. The van der Waals surface area contributed by atoms with Crippen molar-refractivity contribution in [3.63, 3.8) is 0 Å². The number of hydrogen-bond acceptors (Lipinski definition) is 5. The van der Waals surface area contributed by atoms with E-state index in [0.717, 1.165) is 18.5 Å². The number of rotatable bonds is 3. The Labute approximate surface area is 130 Å². The fraction of sp³-hybridized carbons (Fsp3) is 0.471. The summed E-state index contributed by atoms with van der Waals surface area (Å²) in [6.07, 6.45) is 4.50. The predicted molar refractivity (Wildman–Crippen MR) is 83.4 cm³/mol. The monoisotopic (exact) mass is 294 g/mol. The van der Waals surface area contributed by atoms with Crippen molar-refractivity contribution >= 4 is 11.7 Å². The molecule has 22 heavy (non-hydrogen) atoms. The van der Waals surface area contributed by atoms with Crippen molar-refractivity contribution in [2.24, 2.45) is 10.9 Å². The van der Waals surface area contributed by atoms with Gasteiger partial charge in [0.15, 0.2) is 5.92 Å². The first kappa shape index (κ1) is 14.4. The molecular formula is C17H18N4O. The number of hydrogen-bond donors (Lipinski definition) is 0. The summed E-state index contributed by atoms with van der Waals surface area (Å²) >= 11 is 0. The maximum absolute atomic E-state index is 9.12. The van der Waals surface area contributed by atoms with Crippen LogP contribution in [0.3, 0.4) is 0 Å². The second kappa shape index (κ2) is 6.49. The molecule has 0 saturated carbocycles. The van der Waals surface area contributed by atoms with Gasteiger partial charge in [-0.15, -0.1) is 0 Å². The van der Waals surface area contributed by atoms with Crippen molar-refractivity contribution in [1.29, 1.82) is 10.5 Å². The van der Waals surface area contributed by atoms with Crippen molar-refractivity contribution in [2.45, 2.75) is 25.7 Å². The standard InChI is InChI=1S/C17H18N4O/c18-10-13(11-19)12-21(17-20-8-9-22-17)16-7-3-5-14-4-1-2-6-15(14)16/h3,5,7,13H,1-2,4,6,8-9,12H2. The maximum atomic E-state index is 9.12. The Morgan fingerprint density at radius 3 is 2.77 bits per heavy atom. The minimum absolute atomic E-state index is 0.294. The molecule has 0 atom stereocenters. The smallest absolute Gasteiger partial charge is 0.292 e. The molecule has 0 amide bonds. The lowest BCUT2D eigenvalue weighted by Crippen LogP contribution is -2.36. The van der Waals surface area contributed by atoms with Crippen LogP contribution in [0.2, 0.25) is 0 Å². The minimum Gasteiger partial charge on any atom is -0.463 e. The summed E-state index contributed by atoms with van der Waals surface area (Å²) in [5, 5.41) is 18.2. The second-order valence-electron chi connectivity index (χ2n) is 5.56. The van der Waals surface area contributed by atoms with Gasteiger partial charge in [0.25, 0.3) is 6.02 Å². The molecule has 0 spiro atoms. The minimum atomic E-state index is -0.702. The molecule has 0 unspecified atom stereocenters. The zero-order valence-electron chi connectivity index (χ0n) is 12.5. The van der Waals surface area contributed by atoms with Crippen LogP contribution in [-0.2, 0) is 17.6 Å². The van der Waals surface area contributed by atoms with Gasteiger partial charge < -0.3 is 4.74 Å². The highest BCUT2D eigenvalue weighted by Gasteiger charge is 2.26. The van der Waals surface area contributed by atoms with Gasteiger partial charge >= 0.3 is 0 Å². The fourth-order valence-corrected chi connectivity index (χ4v) is 3.07. The second-order valence-corrected chi connectivity index (χ2v) is 5.56. The van der Waals surface area contributed by atoms with Crippen molar-refractivity contribution in [3.05, 3.63) is 29.3 Å². The number of aryl methyl sites for hydroxylation is 1. The van der Waals surface area contributed by atoms with Crippen molar-refractivity contribution in [1.82, 2.24) is 0 Å². The highest BCUT2D eigenvalue weighted by atomic mass is 16.5. The Kier molecular flexibility index (Phi) is 4.25. The summed E-state index contributed by atoms with van der Waals surface area (Å²) in [5.74, 6) is -0.702. The molecule has 0 radical (unpaired) electrons. The van der Waals surface area contributed by atoms with Crippen molar-refractivity contribution < 1.29 is 4.74 Å². The number of fused-ring (bicyclic) bond motifs is 1. The van der Waals surface area contributed by atoms with Gasteiger partial charge in [-0.25, -0.2) is 4.99 Å². The molecule has 5 nitrogen and oxygen atoms in total. The van der Waals surface area contributed by atoms with Crippen LogP contribution in [0.4, 0.5) is 5.69 Å². The molecule has 1 aliphatic heterocycles. The molecule has 1 aliphatic carbocycles. The van der Waals surface area contributed by atoms with Crippen LogP contribution in [0.5, 0.6) is 0 Å². The zero-order valence-corrected chi connectivity index (χ0v) is 12.5. The molecule has 0 fully saturated rings. The van der Waals surface area contributed by atoms with Crippen LogP contribution in [0.15, 0.2) is 23.2 Å². The Hall–Kier alpha value is -2.53. The van der Waals surface area contributed by atoms with E-state index < -0.39 is 5.92 Å². The van der Waals surface area contributed by atoms with Gasteiger partial charge in [0, 0.05) is 5.69 Å². The van der Waals surface area contributed by atoms with Crippen molar-refractivity contribution in [2.75, 3.05) is 24.6 Å². The molecule has 1 aromatic carbocycles. The number of anilines is 1. The number of nitriles is 2. The van der Waals surface area contributed by atoms with Crippen LogP contribution in [-0.4, -0.2) is 25.7 Å². The van der Waals surface area contributed by atoms with E-state index in [9.17, 15) is 0 Å². The molecule has 2 aliphatic rings. The molecular weight excluding hydrogens is 276 g/mol. The third-order valence-corrected chi connectivity index (χ3v) is 4.14. The van der Waals surface area contributed by atoms with Gasteiger partial charge in [-0.2, -0.15) is 10.5 Å². The van der Waals surface area contributed by atoms with Gasteiger partial charge in [0.1, 0.15) is 6.61 Å². The predicted octanol–water partition coefficient (Wildman–Crippen LogP) is 2.42. The Morgan fingerprint density at radius 1 is 1.23 bits per heavy atom. The molecule has 112 valence electrons. The third kappa shape index (κ3) is 2.76. The summed E-state index contributed by atoms with van der Waals surface area (Å²) in [6, 6.07) is 10.9. The SMILES string of the molecule is N#CC(C#N)CN(C1=NCCO1)c1cccc2c1CCCC2. The Balaban J connectivity index is 1.99. The maximum Gasteiger partial charge on any atom is 0.292 e. The highest BCUT2D eigenvalue weighted by molar-refractivity contribution is 5.93. The average Bonchev–Trinajstić information content (AvgIpc) is 3.10. The van der Waals surface area contributed by atoms with E-state index in [2.05, 4.69) is 11.1 Å². The third-order valence-electron chi connectivity index (χ3n) is 4.14.